The Kier molecular flexibility index (Phi) is 4.47. The summed E-state index contributed by atoms with van der Waals surface area (Å²) in [6.45, 7) is 0. The van der Waals surface area contributed by atoms with Gasteiger partial charge in [-0.05, 0) is 35.9 Å². The molecule has 206 valence electrons. The fourth-order valence-corrected chi connectivity index (χ4v) is 7.44. The predicted molar refractivity (Wildman–Crippen MR) is 174 cm³/mol. The first kappa shape index (κ1) is 23.6. The number of fused-ring (bicyclic) bond motifs is 6. The molecule has 0 saturated heterocycles. The van der Waals surface area contributed by atoms with Gasteiger partial charge in [0.05, 0.1) is 17.1 Å². The van der Waals surface area contributed by atoms with Crippen molar-refractivity contribution in [2.45, 2.75) is 5.92 Å². The number of para-hydroxylation sites is 4. The van der Waals surface area contributed by atoms with Gasteiger partial charge in [-0.1, -0.05) is 91.0 Å². The molecule has 5 nitrogen and oxygen atoms in total. The summed E-state index contributed by atoms with van der Waals surface area (Å²) in [5.74, 6) is -0.644. The highest BCUT2D eigenvalue weighted by molar-refractivity contribution is 6.25. The molecule has 0 N–H and O–H groups in total. The van der Waals surface area contributed by atoms with E-state index in [2.05, 4.69) is 0 Å². The molecule has 3 heterocycles. The van der Waals surface area contributed by atoms with Crippen molar-refractivity contribution in [3.63, 3.8) is 0 Å². The smallest absolute Gasteiger partial charge is 0.263 e. The minimum absolute atomic E-state index is 0.0416. The number of hydrogen-bond donors (Lipinski definition) is 0. The Morgan fingerprint density at radius 3 is 1.89 bits per heavy atom. The number of Topliss-reactive ketones (excluding diaryl/α,β-unsaturated/α-hetero) is 1. The molecule has 9 aromatic rings. The first-order valence-electron chi connectivity index (χ1n) is 14.6. The van der Waals surface area contributed by atoms with E-state index in [1.165, 1.54) is 0 Å². The zero-order valence-corrected chi connectivity index (χ0v) is 23.2. The molecule has 10 rings (SSSR count). The third-order valence-corrected chi connectivity index (χ3v) is 9.27. The lowest BCUT2D eigenvalue weighted by Gasteiger charge is -2.27. The van der Waals surface area contributed by atoms with Crippen LogP contribution in [-0.2, 0) is 0 Å². The Bertz CT molecular complexity index is 2780. The third-order valence-electron chi connectivity index (χ3n) is 9.27. The van der Waals surface area contributed by atoms with Gasteiger partial charge in [-0.15, -0.1) is 0 Å². The van der Waals surface area contributed by atoms with Gasteiger partial charge in [-0.3, -0.25) is 14.2 Å². The second-order valence-electron chi connectivity index (χ2n) is 11.5. The molecule has 1 aliphatic rings. The van der Waals surface area contributed by atoms with Crippen LogP contribution in [0.2, 0.25) is 0 Å². The summed E-state index contributed by atoms with van der Waals surface area (Å²) >= 11 is 0. The second kappa shape index (κ2) is 8.33. The number of nitrogens with zero attached hydrogens (tertiary/aromatic N) is 1. The monoisotopic (exact) mass is 567 g/mol. The molecule has 0 fully saturated rings. The maximum absolute atomic E-state index is 14.5. The fraction of sp³-hybridized carbons (Fsp3) is 0.0256. The van der Waals surface area contributed by atoms with Crippen molar-refractivity contribution in [3.8, 4) is 5.69 Å². The van der Waals surface area contributed by atoms with Gasteiger partial charge >= 0.3 is 0 Å². The van der Waals surface area contributed by atoms with Gasteiger partial charge in [0.2, 0.25) is 0 Å². The molecule has 0 spiro atoms. The summed E-state index contributed by atoms with van der Waals surface area (Å²) in [6, 6.07) is 39.2. The molecule has 1 aliphatic carbocycles. The molecule has 0 aliphatic heterocycles. The topological polar surface area (TPSA) is 65.3 Å². The molecule has 0 saturated carbocycles. The number of benzene rings is 6. The number of pyridine rings is 1. The zero-order valence-electron chi connectivity index (χ0n) is 23.2. The molecular weight excluding hydrogens is 546 g/mol. The van der Waals surface area contributed by atoms with Crippen LogP contribution < -0.4 is 5.56 Å². The number of rotatable bonds is 2. The van der Waals surface area contributed by atoms with Crippen molar-refractivity contribution in [2.75, 3.05) is 0 Å². The number of hydrogen-bond acceptors (Lipinski definition) is 4. The third kappa shape index (κ3) is 2.88. The molecular formula is C39H21NO4. The maximum atomic E-state index is 14.5. The van der Waals surface area contributed by atoms with Crippen LogP contribution in [0.15, 0.2) is 135 Å². The van der Waals surface area contributed by atoms with E-state index < -0.39 is 5.92 Å². The van der Waals surface area contributed by atoms with Crippen LogP contribution in [0, 0.1) is 0 Å². The number of furan rings is 2. The molecule has 1 unspecified atom stereocenters. The van der Waals surface area contributed by atoms with E-state index in [4.69, 9.17) is 8.83 Å². The maximum Gasteiger partial charge on any atom is 0.263 e. The van der Waals surface area contributed by atoms with E-state index in [9.17, 15) is 9.59 Å². The molecule has 3 aromatic heterocycles. The Hall–Kier alpha value is -5.94. The van der Waals surface area contributed by atoms with Gasteiger partial charge in [0.1, 0.15) is 16.7 Å². The van der Waals surface area contributed by atoms with Crippen LogP contribution in [0.5, 0.6) is 0 Å². The van der Waals surface area contributed by atoms with E-state index in [1.807, 2.05) is 121 Å². The van der Waals surface area contributed by atoms with E-state index in [-0.39, 0.29) is 11.3 Å². The molecule has 0 amide bonds. The van der Waals surface area contributed by atoms with Gasteiger partial charge in [0.15, 0.2) is 11.4 Å². The lowest BCUT2D eigenvalue weighted by molar-refractivity contribution is 0.0975. The molecule has 0 bridgehead atoms. The summed E-state index contributed by atoms with van der Waals surface area (Å²) in [4.78, 5) is 28.9. The number of aromatic nitrogens is 1. The van der Waals surface area contributed by atoms with Gasteiger partial charge in [-0.2, -0.15) is 0 Å². The second-order valence-corrected chi connectivity index (χ2v) is 11.5. The SMILES string of the molecule is O=C1c2cccc3c(=O)n(-c4cccc5c4oc4ccccc45)c4cccc(c4c23)C1c1cccc2c1oc1ccccc12. The lowest BCUT2D eigenvalue weighted by atomic mass is 9.76. The summed E-state index contributed by atoms with van der Waals surface area (Å²) in [7, 11) is 0. The summed E-state index contributed by atoms with van der Waals surface area (Å²) in [5.41, 5.74) is 6.34. The highest BCUT2D eigenvalue weighted by Gasteiger charge is 2.35. The van der Waals surface area contributed by atoms with E-state index in [1.54, 1.807) is 4.57 Å². The van der Waals surface area contributed by atoms with Gasteiger partial charge in [-0.25, -0.2) is 0 Å². The van der Waals surface area contributed by atoms with Crippen molar-refractivity contribution in [2.24, 2.45) is 0 Å². The van der Waals surface area contributed by atoms with Crippen molar-refractivity contribution < 1.29 is 13.6 Å². The number of carbonyl (C=O) groups is 1. The van der Waals surface area contributed by atoms with E-state index in [0.717, 1.165) is 54.7 Å². The molecule has 5 heteroatoms. The highest BCUT2D eigenvalue weighted by Crippen LogP contribution is 2.46. The summed E-state index contributed by atoms with van der Waals surface area (Å²) < 4.78 is 14.5. The Labute approximate surface area is 249 Å². The van der Waals surface area contributed by atoms with Crippen LogP contribution in [0.25, 0.3) is 71.2 Å². The van der Waals surface area contributed by atoms with Crippen molar-refractivity contribution in [1.29, 1.82) is 0 Å². The molecule has 6 aromatic carbocycles. The number of carbonyl (C=O) groups excluding carboxylic acids is 1. The van der Waals surface area contributed by atoms with Gasteiger partial charge < -0.3 is 8.83 Å². The van der Waals surface area contributed by atoms with Crippen molar-refractivity contribution in [1.82, 2.24) is 4.57 Å². The fourth-order valence-electron chi connectivity index (χ4n) is 7.44. The van der Waals surface area contributed by atoms with Crippen LogP contribution in [0.1, 0.15) is 27.4 Å². The summed E-state index contributed by atoms with van der Waals surface area (Å²) in [6.07, 6.45) is 0. The minimum Gasteiger partial charge on any atom is -0.456 e. The predicted octanol–water partition coefficient (Wildman–Crippen LogP) is 9.27. The lowest BCUT2D eigenvalue weighted by Crippen LogP contribution is -2.25. The zero-order chi connectivity index (χ0) is 29.1. The average molecular weight is 568 g/mol. The van der Waals surface area contributed by atoms with Crippen LogP contribution in [0.3, 0.4) is 0 Å². The normalized spacial score (nSPS) is 14.7. The summed E-state index contributed by atoms with van der Waals surface area (Å²) in [5, 5.41) is 6.03. The Morgan fingerprint density at radius 2 is 1.09 bits per heavy atom. The van der Waals surface area contributed by atoms with Gasteiger partial charge in [0.25, 0.3) is 5.56 Å². The van der Waals surface area contributed by atoms with E-state index in [0.29, 0.717) is 33.2 Å². The minimum atomic E-state index is -0.603. The quantitative estimate of drug-likeness (QED) is 0.195. The first-order chi connectivity index (χ1) is 21.7. The number of ketones is 1. The van der Waals surface area contributed by atoms with Crippen LogP contribution in [0.4, 0.5) is 0 Å². The van der Waals surface area contributed by atoms with Crippen LogP contribution in [-0.4, -0.2) is 10.4 Å². The van der Waals surface area contributed by atoms with E-state index >= 15 is 0 Å². The van der Waals surface area contributed by atoms with Crippen molar-refractivity contribution in [3.05, 3.63) is 148 Å². The highest BCUT2D eigenvalue weighted by atomic mass is 16.3. The Morgan fingerprint density at radius 1 is 0.500 bits per heavy atom. The van der Waals surface area contributed by atoms with Crippen molar-refractivity contribution >= 4 is 71.3 Å². The molecule has 1 atom stereocenters. The molecule has 0 radical (unpaired) electrons. The largest absolute Gasteiger partial charge is 0.456 e. The van der Waals surface area contributed by atoms with Crippen LogP contribution >= 0.6 is 0 Å². The standard InChI is InChI=1S/C39H21NO4/c41-36-26-14-6-16-28-33(26)35-25(34(36)27-15-5-11-23-21-9-1-3-19-31(21)43-37(23)27)13-8-17-29(35)40(39(28)42)30-18-7-12-24-22-10-2-4-20-32(22)44-38(24)30/h1-20,34H. The van der Waals surface area contributed by atoms with Gasteiger partial charge in [0, 0.05) is 48.8 Å². The average Bonchev–Trinajstić information content (AvgIpc) is 3.64. The first-order valence-corrected chi connectivity index (χ1v) is 14.6. The Balaban J connectivity index is 1.34. The molecule has 44 heavy (non-hydrogen) atoms.